The third-order valence-corrected chi connectivity index (χ3v) is 3.42. The van der Waals surface area contributed by atoms with Crippen LogP contribution in [0.3, 0.4) is 0 Å². The molecule has 18 heavy (non-hydrogen) atoms. The number of amides is 1. The first-order chi connectivity index (χ1) is 8.58. The summed E-state index contributed by atoms with van der Waals surface area (Å²) in [4.78, 5) is 11.9. The van der Waals surface area contributed by atoms with Gasteiger partial charge in [-0.25, -0.2) is 0 Å². The summed E-state index contributed by atoms with van der Waals surface area (Å²) in [7, 11) is 0. The molecule has 0 spiro atoms. The van der Waals surface area contributed by atoms with Gasteiger partial charge in [0.2, 0.25) is 0 Å². The molecule has 5 heteroatoms. The Morgan fingerprint density at radius 3 is 2.83 bits per heavy atom. The second-order valence-electron chi connectivity index (χ2n) is 4.23. The highest BCUT2D eigenvalue weighted by atomic mass is 79.9. The lowest BCUT2D eigenvalue weighted by molar-refractivity contribution is 0.0944. The monoisotopic (exact) mass is 314 g/mol. The van der Waals surface area contributed by atoms with Crippen LogP contribution < -0.4 is 11.1 Å². The fourth-order valence-electron chi connectivity index (χ4n) is 1.71. The summed E-state index contributed by atoms with van der Waals surface area (Å²) in [6.45, 7) is 2.75. The van der Waals surface area contributed by atoms with Gasteiger partial charge in [0.05, 0.1) is 5.56 Å². The van der Waals surface area contributed by atoms with Gasteiger partial charge in [-0.3, -0.25) is 4.79 Å². The van der Waals surface area contributed by atoms with E-state index in [1.807, 2.05) is 6.92 Å². The number of nitrogens with one attached hydrogen (secondary N) is 1. The van der Waals surface area contributed by atoms with Crippen molar-refractivity contribution >= 4 is 27.5 Å². The Morgan fingerprint density at radius 1 is 1.56 bits per heavy atom. The number of hydrogen-bond acceptors (Lipinski definition) is 3. The zero-order valence-corrected chi connectivity index (χ0v) is 12.0. The van der Waals surface area contributed by atoms with E-state index >= 15 is 0 Å². The minimum absolute atomic E-state index is 0.148. The largest absolute Gasteiger partial charge is 0.398 e. The van der Waals surface area contributed by atoms with E-state index in [0.717, 1.165) is 10.9 Å². The van der Waals surface area contributed by atoms with Crippen LogP contribution in [-0.2, 0) is 0 Å². The first kappa shape index (κ1) is 15.0. The normalized spacial score (nSPS) is 12.2. The van der Waals surface area contributed by atoms with Crippen LogP contribution in [-0.4, -0.2) is 24.2 Å². The minimum Gasteiger partial charge on any atom is -0.398 e. The fraction of sp³-hybridized carbons (Fsp3) is 0.462. The van der Waals surface area contributed by atoms with Gasteiger partial charge in [0, 0.05) is 23.3 Å². The average molecular weight is 315 g/mol. The third kappa shape index (κ3) is 4.31. The van der Waals surface area contributed by atoms with Crippen molar-refractivity contribution in [3.63, 3.8) is 0 Å². The second-order valence-corrected chi connectivity index (χ2v) is 5.14. The fourth-order valence-corrected chi connectivity index (χ4v) is 2.08. The van der Waals surface area contributed by atoms with Crippen molar-refractivity contribution < 1.29 is 9.90 Å². The van der Waals surface area contributed by atoms with Gasteiger partial charge in [0.25, 0.3) is 5.91 Å². The number of halogens is 1. The van der Waals surface area contributed by atoms with Crippen LogP contribution in [0.1, 0.15) is 30.1 Å². The Morgan fingerprint density at radius 2 is 2.28 bits per heavy atom. The lowest BCUT2D eigenvalue weighted by Crippen LogP contribution is -2.30. The van der Waals surface area contributed by atoms with Crippen LogP contribution in [0.5, 0.6) is 0 Å². The molecular formula is C13H19BrN2O2. The van der Waals surface area contributed by atoms with Gasteiger partial charge in [0.1, 0.15) is 0 Å². The number of aliphatic hydroxyl groups excluding tert-OH is 1. The molecule has 0 aliphatic heterocycles. The molecule has 1 atom stereocenters. The maximum atomic E-state index is 11.9. The van der Waals surface area contributed by atoms with E-state index in [4.69, 9.17) is 10.8 Å². The summed E-state index contributed by atoms with van der Waals surface area (Å²) in [5.41, 5.74) is 6.73. The maximum absolute atomic E-state index is 11.9. The van der Waals surface area contributed by atoms with E-state index in [-0.39, 0.29) is 12.5 Å². The molecule has 0 saturated heterocycles. The molecule has 0 saturated carbocycles. The Hall–Kier alpha value is -1.07. The van der Waals surface area contributed by atoms with E-state index in [1.165, 1.54) is 0 Å². The zero-order chi connectivity index (χ0) is 13.5. The molecule has 0 bridgehead atoms. The number of rotatable bonds is 6. The van der Waals surface area contributed by atoms with Gasteiger partial charge in [-0.05, 0) is 30.5 Å². The van der Waals surface area contributed by atoms with Crippen molar-refractivity contribution in [3.05, 3.63) is 28.2 Å². The molecule has 100 valence electrons. The van der Waals surface area contributed by atoms with Gasteiger partial charge < -0.3 is 16.2 Å². The van der Waals surface area contributed by atoms with Crippen molar-refractivity contribution in [3.8, 4) is 0 Å². The molecule has 1 aromatic carbocycles. The predicted octanol–water partition coefficient (Wildman–Crippen LogP) is 2.17. The zero-order valence-electron chi connectivity index (χ0n) is 10.4. The van der Waals surface area contributed by atoms with E-state index < -0.39 is 0 Å². The van der Waals surface area contributed by atoms with Crippen molar-refractivity contribution in [1.82, 2.24) is 5.32 Å². The Kier molecular flexibility index (Phi) is 6.15. The molecule has 0 aliphatic rings. The molecule has 4 nitrogen and oxygen atoms in total. The lowest BCUT2D eigenvalue weighted by Gasteiger charge is -2.15. The molecule has 0 aromatic heterocycles. The molecule has 0 heterocycles. The summed E-state index contributed by atoms with van der Waals surface area (Å²) >= 11 is 3.30. The van der Waals surface area contributed by atoms with E-state index in [0.29, 0.717) is 30.1 Å². The van der Waals surface area contributed by atoms with Crippen molar-refractivity contribution in [2.75, 3.05) is 18.9 Å². The molecule has 1 amide bonds. The third-order valence-electron chi connectivity index (χ3n) is 2.92. The standard InChI is InChI=1S/C13H19BrN2O2/c1-2-9(5-6-17)8-16-13(18)11-4-3-10(14)7-12(11)15/h3-4,7,9,17H,2,5-6,8,15H2,1H3,(H,16,18). The van der Waals surface area contributed by atoms with E-state index in [1.54, 1.807) is 18.2 Å². The van der Waals surface area contributed by atoms with Gasteiger partial charge in [0.15, 0.2) is 0 Å². The van der Waals surface area contributed by atoms with Gasteiger partial charge in [-0.2, -0.15) is 0 Å². The number of carbonyl (C=O) groups excluding carboxylic acids is 1. The van der Waals surface area contributed by atoms with Crippen LogP contribution >= 0.6 is 15.9 Å². The molecule has 0 radical (unpaired) electrons. The van der Waals surface area contributed by atoms with Gasteiger partial charge in [-0.1, -0.05) is 29.3 Å². The second kappa shape index (κ2) is 7.38. The Balaban J connectivity index is 2.59. The molecule has 1 unspecified atom stereocenters. The molecule has 0 fully saturated rings. The van der Waals surface area contributed by atoms with Crippen LogP contribution in [0.4, 0.5) is 5.69 Å². The van der Waals surface area contributed by atoms with Crippen molar-refractivity contribution in [2.24, 2.45) is 5.92 Å². The lowest BCUT2D eigenvalue weighted by atomic mass is 10.0. The number of anilines is 1. The summed E-state index contributed by atoms with van der Waals surface area (Å²) in [6, 6.07) is 5.19. The highest BCUT2D eigenvalue weighted by Crippen LogP contribution is 2.18. The molecule has 1 aromatic rings. The van der Waals surface area contributed by atoms with E-state index in [2.05, 4.69) is 21.2 Å². The van der Waals surface area contributed by atoms with E-state index in [9.17, 15) is 4.79 Å². The molecular weight excluding hydrogens is 296 g/mol. The first-order valence-electron chi connectivity index (χ1n) is 6.02. The SMILES string of the molecule is CCC(CCO)CNC(=O)c1ccc(Br)cc1N. The highest BCUT2D eigenvalue weighted by molar-refractivity contribution is 9.10. The molecule has 4 N–H and O–H groups in total. The van der Waals surface area contributed by atoms with Crippen molar-refractivity contribution in [2.45, 2.75) is 19.8 Å². The number of nitrogens with two attached hydrogens (primary N) is 1. The van der Waals surface area contributed by atoms with Crippen LogP contribution in [0.15, 0.2) is 22.7 Å². The number of carbonyl (C=O) groups is 1. The molecule has 1 rings (SSSR count). The predicted molar refractivity (Wildman–Crippen MR) is 76.4 cm³/mol. The van der Waals surface area contributed by atoms with Crippen LogP contribution in [0.25, 0.3) is 0 Å². The number of hydrogen-bond donors (Lipinski definition) is 3. The van der Waals surface area contributed by atoms with Crippen molar-refractivity contribution in [1.29, 1.82) is 0 Å². The van der Waals surface area contributed by atoms with Gasteiger partial charge >= 0.3 is 0 Å². The summed E-state index contributed by atoms with van der Waals surface area (Å²) in [5.74, 6) is 0.131. The van der Waals surface area contributed by atoms with Crippen LogP contribution in [0.2, 0.25) is 0 Å². The topological polar surface area (TPSA) is 75.3 Å². The maximum Gasteiger partial charge on any atom is 0.253 e. The quantitative estimate of drug-likeness (QED) is 0.704. The number of nitrogen functional groups attached to an aromatic ring is 1. The highest BCUT2D eigenvalue weighted by Gasteiger charge is 2.12. The number of benzene rings is 1. The summed E-state index contributed by atoms with van der Waals surface area (Å²) < 4.78 is 0.850. The average Bonchev–Trinajstić information content (AvgIpc) is 2.34. The summed E-state index contributed by atoms with van der Waals surface area (Å²) in [5, 5.41) is 11.7. The minimum atomic E-state index is -0.170. The first-order valence-corrected chi connectivity index (χ1v) is 6.81. The summed E-state index contributed by atoms with van der Waals surface area (Å²) in [6.07, 6.45) is 1.63. The van der Waals surface area contributed by atoms with Crippen LogP contribution in [0, 0.1) is 5.92 Å². The Bertz CT molecular complexity index is 410. The van der Waals surface area contributed by atoms with Gasteiger partial charge in [-0.15, -0.1) is 0 Å². The Labute approximate surface area is 116 Å². The smallest absolute Gasteiger partial charge is 0.253 e. The number of aliphatic hydroxyl groups is 1. The molecule has 0 aliphatic carbocycles.